The van der Waals surface area contributed by atoms with Gasteiger partial charge in [0.1, 0.15) is 11.6 Å². The Morgan fingerprint density at radius 3 is 1.83 bits per heavy atom. The molecule has 0 aliphatic carbocycles. The molecule has 0 saturated heterocycles. The van der Waals surface area contributed by atoms with Crippen LogP contribution in [0.2, 0.25) is 0 Å². The Morgan fingerprint density at radius 1 is 0.464 bits per heavy atom. The molecule has 6 aromatic carbocycles. The zero-order valence-electron chi connectivity index (χ0n) is 41.9. The van der Waals surface area contributed by atoms with Crippen molar-refractivity contribution in [2.75, 3.05) is 0 Å². The van der Waals surface area contributed by atoms with Crippen LogP contribution in [0.15, 0.2) is 146 Å². The lowest BCUT2D eigenvalue weighted by atomic mass is 9.79. The van der Waals surface area contributed by atoms with Crippen molar-refractivity contribution in [3.05, 3.63) is 168 Å². The van der Waals surface area contributed by atoms with Crippen LogP contribution in [0.5, 0.6) is 5.75 Å². The molecule has 0 saturated carbocycles. The summed E-state index contributed by atoms with van der Waals surface area (Å²) in [5.74, 6) is 3.23. The van der Waals surface area contributed by atoms with Crippen LogP contribution in [0.25, 0.3) is 89.5 Å². The smallest absolute Gasteiger partial charge is 0.221 e. The molecule has 0 amide bonds. The largest absolute Gasteiger partial charge is 0.507 e. The Balaban J connectivity index is 1.27. The summed E-state index contributed by atoms with van der Waals surface area (Å²) in [5, 5.41) is 14.8. The number of rotatable bonds is 5. The van der Waals surface area contributed by atoms with Gasteiger partial charge < -0.3 is 5.11 Å². The second-order valence-electron chi connectivity index (χ2n) is 23.0. The molecule has 11 rings (SSSR count). The predicted octanol–water partition coefficient (Wildman–Crippen LogP) is 15.3. The molecule has 8 nitrogen and oxygen atoms in total. The molecule has 0 spiro atoms. The third-order valence-electron chi connectivity index (χ3n) is 14.0. The minimum absolute atomic E-state index is 0.0880. The quantitative estimate of drug-likeness (QED) is 0.187. The monoisotopic (exact) mass is 907 g/mol. The molecule has 11 aromatic rings. The molecule has 8 heteroatoms. The summed E-state index contributed by atoms with van der Waals surface area (Å²) in [6, 6.07) is 47.6. The molecule has 5 heterocycles. The Kier molecular flexibility index (Phi) is 9.76. The van der Waals surface area contributed by atoms with E-state index in [0.717, 1.165) is 89.2 Å². The summed E-state index contributed by atoms with van der Waals surface area (Å²) in [5.41, 5.74) is 13.5. The molecule has 5 aromatic heterocycles. The molecule has 0 radical (unpaired) electrons. The first kappa shape index (κ1) is 44.1. The van der Waals surface area contributed by atoms with Gasteiger partial charge in [-0.05, 0) is 105 Å². The Morgan fingerprint density at radius 2 is 1.12 bits per heavy atom. The summed E-state index contributed by atoms with van der Waals surface area (Å²) in [6.45, 7) is 26.7. The van der Waals surface area contributed by atoms with Crippen LogP contribution in [-0.4, -0.2) is 38.2 Å². The second kappa shape index (κ2) is 15.3. The number of pyridine rings is 1. The number of phenols is 1. The number of hydrogen-bond acceptors (Lipinski definition) is 4. The molecule has 0 aliphatic heterocycles. The molecule has 0 aliphatic rings. The summed E-state index contributed by atoms with van der Waals surface area (Å²) in [4.78, 5) is 16.0. The van der Waals surface area contributed by atoms with E-state index in [9.17, 15) is 5.11 Å². The van der Waals surface area contributed by atoms with Crippen molar-refractivity contribution in [3.8, 4) is 45.6 Å². The van der Waals surface area contributed by atoms with Crippen LogP contribution >= 0.6 is 0 Å². The van der Waals surface area contributed by atoms with Crippen LogP contribution in [-0.2, 0) is 21.7 Å². The maximum atomic E-state index is 12.6. The Labute approximate surface area is 404 Å². The van der Waals surface area contributed by atoms with Gasteiger partial charge in [-0.15, -0.1) is 0 Å². The van der Waals surface area contributed by atoms with Gasteiger partial charge in [0.25, 0.3) is 0 Å². The minimum atomic E-state index is -0.344. The summed E-state index contributed by atoms with van der Waals surface area (Å²) < 4.78 is 8.99. The number of imidazole rings is 3. The maximum absolute atomic E-state index is 12.6. The molecule has 69 heavy (non-hydrogen) atoms. The highest BCUT2D eigenvalue weighted by Gasteiger charge is 2.30. The van der Waals surface area contributed by atoms with E-state index in [4.69, 9.17) is 15.0 Å². The highest BCUT2D eigenvalue weighted by molar-refractivity contribution is 6.13. The van der Waals surface area contributed by atoms with Crippen LogP contribution in [0.4, 0.5) is 0 Å². The van der Waals surface area contributed by atoms with Gasteiger partial charge in [-0.2, -0.15) is 0 Å². The molecular formula is C61H61N7O. The average molecular weight is 908 g/mol. The minimum Gasteiger partial charge on any atom is -0.507 e. The van der Waals surface area contributed by atoms with Gasteiger partial charge in [-0.3, -0.25) is 18.1 Å². The number of para-hydroxylation sites is 3. The van der Waals surface area contributed by atoms with Crippen LogP contribution < -0.4 is 0 Å². The van der Waals surface area contributed by atoms with Crippen molar-refractivity contribution in [1.82, 2.24) is 33.1 Å². The van der Waals surface area contributed by atoms with Crippen molar-refractivity contribution in [3.63, 3.8) is 0 Å². The van der Waals surface area contributed by atoms with Crippen molar-refractivity contribution in [1.29, 1.82) is 0 Å². The van der Waals surface area contributed by atoms with Crippen molar-refractivity contribution in [2.45, 2.75) is 105 Å². The summed E-state index contributed by atoms with van der Waals surface area (Å²) >= 11 is 0. The van der Waals surface area contributed by atoms with Crippen LogP contribution in [0, 0.1) is 0 Å². The zero-order valence-corrected chi connectivity index (χ0v) is 41.9. The molecule has 1 N–H and O–H groups in total. The Bertz CT molecular complexity index is 3830. The van der Waals surface area contributed by atoms with Crippen molar-refractivity contribution in [2.24, 2.45) is 0 Å². The van der Waals surface area contributed by atoms with Crippen LogP contribution in [0.3, 0.4) is 0 Å². The van der Waals surface area contributed by atoms with E-state index >= 15 is 0 Å². The zero-order chi connectivity index (χ0) is 48.5. The molecule has 0 unspecified atom stereocenters. The lowest BCUT2D eigenvalue weighted by Crippen LogP contribution is -2.17. The molecule has 346 valence electrons. The fourth-order valence-corrected chi connectivity index (χ4v) is 10.1. The first-order valence-electron chi connectivity index (χ1n) is 24.2. The third-order valence-corrected chi connectivity index (χ3v) is 14.0. The number of nitrogens with zero attached hydrogens (tertiary/aromatic N) is 7. The third kappa shape index (κ3) is 7.22. The average Bonchev–Trinajstić information content (AvgIpc) is 4.06. The van der Waals surface area contributed by atoms with Gasteiger partial charge in [0, 0.05) is 28.1 Å². The number of phenolic OH excluding ortho intramolecular Hbond substituents is 1. The standard InChI is InChI=1S/C61H61N7O/c1-58(2,3)38-26-27-47(42(30-38)37-20-14-13-15-21-37)65-36-54(64-56(65)44-31-40(60(7,8)9)32-45(55(44)69)61(10,11)12)66-48-24-18-16-22-41(48)43-34-51-52(35-50(43)66)68(53-33-39(28-29-62-53)59(4,5)6)57-63-46-23-17-19-25-49(46)67(51)57/h13-36,69H,1-12H3. The highest BCUT2D eigenvalue weighted by atomic mass is 16.3. The summed E-state index contributed by atoms with van der Waals surface area (Å²) in [7, 11) is 0. The lowest BCUT2D eigenvalue weighted by molar-refractivity contribution is 0.446. The van der Waals surface area contributed by atoms with Crippen molar-refractivity contribution >= 4 is 49.7 Å². The normalized spacial score (nSPS) is 13.0. The first-order chi connectivity index (χ1) is 32.7. The summed E-state index contributed by atoms with van der Waals surface area (Å²) in [6.07, 6.45) is 4.08. The van der Waals surface area contributed by atoms with E-state index in [1.807, 2.05) is 12.3 Å². The predicted molar refractivity (Wildman–Crippen MR) is 286 cm³/mol. The fourth-order valence-electron chi connectivity index (χ4n) is 10.1. The number of aromatic hydroxyl groups is 1. The lowest BCUT2D eigenvalue weighted by Gasteiger charge is -2.27. The number of fused-ring (bicyclic) bond motifs is 8. The van der Waals surface area contributed by atoms with Gasteiger partial charge in [-0.25, -0.2) is 15.0 Å². The van der Waals surface area contributed by atoms with E-state index in [0.29, 0.717) is 11.4 Å². The highest BCUT2D eigenvalue weighted by Crippen LogP contribution is 2.45. The topological polar surface area (TPSA) is 78.1 Å². The van der Waals surface area contributed by atoms with E-state index in [-0.39, 0.29) is 27.4 Å². The number of hydrogen-bond donors (Lipinski definition) is 1. The molecule has 0 fully saturated rings. The van der Waals surface area contributed by atoms with E-state index < -0.39 is 0 Å². The van der Waals surface area contributed by atoms with Gasteiger partial charge >= 0.3 is 0 Å². The number of aromatic nitrogens is 7. The van der Waals surface area contributed by atoms with E-state index in [1.54, 1.807) is 0 Å². The van der Waals surface area contributed by atoms with E-state index in [2.05, 4.69) is 235 Å². The van der Waals surface area contributed by atoms with Gasteiger partial charge in [0.05, 0.1) is 50.5 Å². The molecule has 0 bridgehead atoms. The Hall–Kier alpha value is -7.45. The first-order valence-corrected chi connectivity index (χ1v) is 24.2. The van der Waals surface area contributed by atoms with Gasteiger partial charge in [0.15, 0.2) is 11.6 Å². The molecule has 0 atom stereocenters. The van der Waals surface area contributed by atoms with Crippen molar-refractivity contribution < 1.29 is 5.11 Å². The SMILES string of the molecule is CC(C)(C)c1ccnc(-n2c3cc4c(cc3n3c5ccccc5nc23)c2ccccc2n4-c2cn(-c3ccc(C(C)(C)C)cc3-c3ccccc3)c(-c3cc(C(C)(C)C)cc(C(C)(C)C)c3O)n2)c1. The second-order valence-corrected chi connectivity index (χ2v) is 23.0. The molecular weight excluding hydrogens is 847 g/mol. The fraction of sp³-hybridized carbons (Fsp3) is 0.262. The number of benzene rings is 6. The van der Waals surface area contributed by atoms with Gasteiger partial charge in [-0.1, -0.05) is 156 Å². The van der Waals surface area contributed by atoms with E-state index in [1.165, 1.54) is 11.1 Å². The van der Waals surface area contributed by atoms with Gasteiger partial charge in [0.2, 0.25) is 5.78 Å². The maximum Gasteiger partial charge on any atom is 0.221 e. The van der Waals surface area contributed by atoms with Crippen LogP contribution in [0.1, 0.15) is 105 Å².